The van der Waals surface area contributed by atoms with E-state index in [1.165, 1.54) is 11.3 Å². The Morgan fingerprint density at radius 2 is 2.00 bits per heavy atom. The third kappa shape index (κ3) is 5.77. The monoisotopic (exact) mass is 403 g/mol. The molecule has 3 rings (SSSR count). The Morgan fingerprint density at radius 1 is 1.25 bits per heavy atom. The van der Waals surface area contributed by atoms with Crippen LogP contribution in [0.5, 0.6) is 5.75 Å². The van der Waals surface area contributed by atoms with E-state index in [1.807, 2.05) is 38.1 Å². The van der Waals surface area contributed by atoms with Crippen LogP contribution in [0, 0.1) is 6.92 Å². The van der Waals surface area contributed by atoms with Gasteiger partial charge in [0.05, 0.1) is 25.5 Å². The van der Waals surface area contributed by atoms with Gasteiger partial charge in [-0.3, -0.25) is 9.69 Å². The van der Waals surface area contributed by atoms with Crippen molar-refractivity contribution in [3.8, 4) is 16.3 Å². The molecule has 1 aliphatic heterocycles. The van der Waals surface area contributed by atoms with Crippen molar-refractivity contribution in [3.05, 3.63) is 34.8 Å². The van der Waals surface area contributed by atoms with E-state index in [0.717, 1.165) is 67.7 Å². The number of aryl methyl sites for hydroxylation is 1. The smallest absolute Gasteiger partial charge is 0.263 e. The van der Waals surface area contributed by atoms with Crippen LogP contribution in [0.2, 0.25) is 0 Å². The molecule has 1 aromatic carbocycles. The highest BCUT2D eigenvalue weighted by Gasteiger charge is 2.16. The number of hydrogen-bond acceptors (Lipinski definition) is 6. The normalized spacial score (nSPS) is 14.8. The van der Waals surface area contributed by atoms with E-state index in [0.29, 0.717) is 18.0 Å². The molecule has 2 heterocycles. The summed E-state index contributed by atoms with van der Waals surface area (Å²) in [6.07, 6.45) is 2.06. The Morgan fingerprint density at radius 3 is 2.71 bits per heavy atom. The highest BCUT2D eigenvalue weighted by atomic mass is 32.1. The fourth-order valence-electron chi connectivity index (χ4n) is 3.16. The number of morpholine rings is 1. The molecule has 1 fully saturated rings. The molecule has 0 aliphatic carbocycles. The van der Waals surface area contributed by atoms with Crippen molar-refractivity contribution in [1.82, 2.24) is 15.2 Å². The second kappa shape index (κ2) is 10.5. The summed E-state index contributed by atoms with van der Waals surface area (Å²) >= 11 is 1.44. The first kappa shape index (κ1) is 20.8. The molecule has 0 unspecified atom stereocenters. The predicted molar refractivity (Wildman–Crippen MR) is 112 cm³/mol. The van der Waals surface area contributed by atoms with Crippen molar-refractivity contribution in [2.24, 2.45) is 0 Å². The summed E-state index contributed by atoms with van der Waals surface area (Å²) in [5.74, 6) is 0.813. The minimum atomic E-state index is -0.0291. The van der Waals surface area contributed by atoms with Gasteiger partial charge in [-0.2, -0.15) is 0 Å². The van der Waals surface area contributed by atoms with Gasteiger partial charge in [0.15, 0.2) is 0 Å². The third-order valence-electron chi connectivity index (χ3n) is 4.71. The van der Waals surface area contributed by atoms with Crippen LogP contribution in [0.15, 0.2) is 24.3 Å². The van der Waals surface area contributed by atoms with E-state index in [-0.39, 0.29) is 5.91 Å². The van der Waals surface area contributed by atoms with Crippen molar-refractivity contribution in [1.29, 1.82) is 0 Å². The summed E-state index contributed by atoms with van der Waals surface area (Å²) in [6, 6.07) is 7.83. The SMILES string of the molecule is CCOc1ccc(-c2nc(C)c(C(=O)NCCCCN3CCOCC3)s2)cc1. The molecule has 152 valence electrons. The molecular weight excluding hydrogens is 374 g/mol. The van der Waals surface area contributed by atoms with Gasteiger partial charge in [0.2, 0.25) is 0 Å². The van der Waals surface area contributed by atoms with E-state index < -0.39 is 0 Å². The van der Waals surface area contributed by atoms with Crippen molar-refractivity contribution in [3.63, 3.8) is 0 Å². The number of nitrogens with one attached hydrogen (secondary N) is 1. The summed E-state index contributed by atoms with van der Waals surface area (Å²) in [5.41, 5.74) is 1.78. The molecule has 0 atom stereocenters. The summed E-state index contributed by atoms with van der Waals surface area (Å²) in [7, 11) is 0. The van der Waals surface area contributed by atoms with Crippen molar-refractivity contribution < 1.29 is 14.3 Å². The number of ether oxygens (including phenoxy) is 2. The van der Waals surface area contributed by atoms with Gasteiger partial charge in [0.1, 0.15) is 15.6 Å². The second-order valence-electron chi connectivity index (χ2n) is 6.81. The molecule has 1 aromatic heterocycles. The molecule has 2 aromatic rings. The number of hydrogen-bond donors (Lipinski definition) is 1. The van der Waals surface area contributed by atoms with E-state index in [4.69, 9.17) is 9.47 Å². The van der Waals surface area contributed by atoms with Crippen LogP contribution in [0.25, 0.3) is 10.6 Å². The molecule has 0 saturated carbocycles. The van der Waals surface area contributed by atoms with Gasteiger partial charge in [-0.15, -0.1) is 11.3 Å². The fraction of sp³-hybridized carbons (Fsp3) is 0.524. The first-order valence-electron chi connectivity index (χ1n) is 9.96. The lowest BCUT2D eigenvalue weighted by molar-refractivity contribution is 0.0372. The molecule has 1 saturated heterocycles. The largest absolute Gasteiger partial charge is 0.494 e. The Kier molecular flexibility index (Phi) is 7.82. The first-order valence-corrected chi connectivity index (χ1v) is 10.8. The maximum Gasteiger partial charge on any atom is 0.263 e. The number of carbonyl (C=O) groups is 1. The summed E-state index contributed by atoms with van der Waals surface area (Å²) < 4.78 is 10.8. The van der Waals surface area contributed by atoms with E-state index in [2.05, 4.69) is 15.2 Å². The highest BCUT2D eigenvalue weighted by Crippen LogP contribution is 2.29. The lowest BCUT2D eigenvalue weighted by Gasteiger charge is -2.26. The summed E-state index contributed by atoms with van der Waals surface area (Å²) in [6.45, 7) is 9.96. The van der Waals surface area contributed by atoms with Crippen LogP contribution in [0.1, 0.15) is 35.1 Å². The number of aromatic nitrogens is 1. The molecule has 1 aliphatic rings. The van der Waals surface area contributed by atoms with Crippen molar-refractivity contribution in [2.75, 3.05) is 46.0 Å². The number of rotatable bonds is 9. The van der Waals surface area contributed by atoms with Crippen molar-refractivity contribution in [2.45, 2.75) is 26.7 Å². The van der Waals surface area contributed by atoms with Crippen LogP contribution in [0.4, 0.5) is 0 Å². The molecule has 1 amide bonds. The van der Waals surface area contributed by atoms with E-state index >= 15 is 0 Å². The minimum absolute atomic E-state index is 0.0291. The maximum absolute atomic E-state index is 12.5. The van der Waals surface area contributed by atoms with Crippen molar-refractivity contribution >= 4 is 17.2 Å². The number of benzene rings is 1. The minimum Gasteiger partial charge on any atom is -0.494 e. The number of carbonyl (C=O) groups excluding carboxylic acids is 1. The predicted octanol–water partition coefficient (Wildman–Crippen LogP) is 3.36. The Balaban J connectivity index is 1.47. The van der Waals surface area contributed by atoms with Gasteiger partial charge >= 0.3 is 0 Å². The zero-order valence-corrected chi connectivity index (χ0v) is 17.5. The number of nitrogens with zero attached hydrogens (tertiary/aromatic N) is 2. The summed E-state index contributed by atoms with van der Waals surface area (Å²) in [4.78, 5) is 20.2. The molecule has 0 spiro atoms. The van der Waals surface area contributed by atoms with Gasteiger partial charge in [0.25, 0.3) is 5.91 Å². The number of thiazole rings is 1. The topological polar surface area (TPSA) is 63.7 Å². The highest BCUT2D eigenvalue weighted by molar-refractivity contribution is 7.17. The van der Waals surface area contributed by atoms with Gasteiger partial charge in [-0.25, -0.2) is 4.98 Å². The maximum atomic E-state index is 12.5. The lowest BCUT2D eigenvalue weighted by Crippen LogP contribution is -2.37. The first-order chi connectivity index (χ1) is 13.7. The molecule has 0 bridgehead atoms. The van der Waals surface area contributed by atoms with Gasteiger partial charge in [0, 0.05) is 25.2 Å². The number of amides is 1. The molecule has 28 heavy (non-hydrogen) atoms. The third-order valence-corrected chi connectivity index (χ3v) is 5.91. The Bertz CT molecular complexity index is 755. The van der Waals surface area contributed by atoms with Gasteiger partial charge in [-0.05, 0) is 57.5 Å². The average Bonchev–Trinajstić information content (AvgIpc) is 3.11. The summed E-state index contributed by atoms with van der Waals surface area (Å²) in [5, 5.41) is 3.90. The fourth-order valence-corrected chi connectivity index (χ4v) is 4.15. The van der Waals surface area contributed by atoms with Crippen LogP contribution in [-0.2, 0) is 4.74 Å². The van der Waals surface area contributed by atoms with Gasteiger partial charge in [-0.1, -0.05) is 0 Å². The average molecular weight is 404 g/mol. The van der Waals surface area contributed by atoms with Gasteiger partial charge < -0.3 is 14.8 Å². The Hall–Kier alpha value is -1.96. The quantitative estimate of drug-likeness (QED) is 0.651. The van der Waals surface area contributed by atoms with E-state index in [9.17, 15) is 4.79 Å². The van der Waals surface area contributed by atoms with E-state index in [1.54, 1.807) is 0 Å². The van der Waals surface area contributed by atoms with Crippen LogP contribution in [-0.4, -0.2) is 61.8 Å². The van der Waals surface area contributed by atoms with Crippen LogP contribution in [0.3, 0.4) is 0 Å². The Labute approximate surface area is 170 Å². The number of unbranched alkanes of at least 4 members (excludes halogenated alkanes) is 1. The molecular formula is C21H29N3O3S. The van der Waals surface area contributed by atoms with Crippen LogP contribution >= 0.6 is 11.3 Å². The molecule has 6 nitrogen and oxygen atoms in total. The van der Waals surface area contributed by atoms with Crippen LogP contribution < -0.4 is 10.1 Å². The molecule has 0 radical (unpaired) electrons. The second-order valence-corrected chi connectivity index (χ2v) is 7.81. The molecule has 1 N–H and O–H groups in total. The standard InChI is InChI=1S/C21H29N3O3S/c1-3-27-18-8-6-17(7-9-18)21-23-16(2)19(28-21)20(25)22-10-4-5-11-24-12-14-26-15-13-24/h6-9H,3-5,10-15H2,1-2H3,(H,22,25). The zero-order chi connectivity index (χ0) is 19.8. The lowest BCUT2D eigenvalue weighted by atomic mass is 10.2. The zero-order valence-electron chi connectivity index (χ0n) is 16.7. The molecule has 7 heteroatoms.